The summed E-state index contributed by atoms with van der Waals surface area (Å²) in [5, 5.41) is 8.94. The number of anilines is 1. The maximum Gasteiger partial charge on any atom is 0.188 e. The number of carbonyl (C=O) groups excluding carboxylic acids is 1. The van der Waals surface area contributed by atoms with Gasteiger partial charge in [0, 0.05) is 11.1 Å². The number of para-hydroxylation sites is 1. The van der Waals surface area contributed by atoms with Gasteiger partial charge in [0.25, 0.3) is 0 Å². The second-order valence-electron chi connectivity index (χ2n) is 4.32. The Hall–Kier alpha value is -2.53. The predicted molar refractivity (Wildman–Crippen MR) is 78.6 cm³/mol. The standard InChI is InChI=1S/C15H9ClFN3O/c16-12-5-3-6-13(17)10(12)8-9-15(21)11-4-1-2-7-14(11)20-18-19-20/h1-9H. The first kappa shape index (κ1) is 13.5. The average Bonchev–Trinajstić information content (AvgIpc) is 3.31. The van der Waals surface area contributed by atoms with Crippen LogP contribution in [0.25, 0.3) is 6.08 Å². The highest BCUT2D eigenvalue weighted by atomic mass is 35.5. The highest BCUT2D eigenvalue weighted by Crippen LogP contribution is 2.28. The van der Waals surface area contributed by atoms with Crippen molar-refractivity contribution in [3.8, 4) is 0 Å². The zero-order chi connectivity index (χ0) is 14.8. The van der Waals surface area contributed by atoms with E-state index in [0.29, 0.717) is 11.3 Å². The summed E-state index contributed by atoms with van der Waals surface area (Å²) >= 11 is 5.91. The summed E-state index contributed by atoms with van der Waals surface area (Å²) in [6, 6.07) is 11.3. The zero-order valence-electron chi connectivity index (χ0n) is 10.7. The van der Waals surface area contributed by atoms with Crippen LogP contribution in [-0.2, 0) is 0 Å². The summed E-state index contributed by atoms with van der Waals surface area (Å²) in [7, 11) is 0. The third kappa shape index (κ3) is 2.83. The quantitative estimate of drug-likeness (QED) is 0.617. The SMILES string of the molecule is O=C(C=Cc1c(F)cccc1Cl)c1ccccc1N1N=N1. The van der Waals surface area contributed by atoms with E-state index in [1.165, 1.54) is 29.4 Å². The van der Waals surface area contributed by atoms with E-state index in [-0.39, 0.29) is 16.4 Å². The summed E-state index contributed by atoms with van der Waals surface area (Å²) in [6.07, 6.45) is 2.65. The van der Waals surface area contributed by atoms with Gasteiger partial charge in [0.05, 0.1) is 5.02 Å². The Kier molecular flexibility index (Phi) is 3.50. The molecule has 1 aliphatic rings. The van der Waals surface area contributed by atoms with Crippen LogP contribution in [0.4, 0.5) is 10.1 Å². The molecule has 0 saturated carbocycles. The molecule has 2 aromatic carbocycles. The fourth-order valence-electron chi connectivity index (χ4n) is 1.89. The molecular formula is C15H9ClFN3O. The topological polar surface area (TPSA) is 44.8 Å². The van der Waals surface area contributed by atoms with Crippen molar-refractivity contribution in [2.45, 2.75) is 0 Å². The molecule has 0 aromatic heterocycles. The number of benzene rings is 2. The molecule has 0 unspecified atom stereocenters. The minimum atomic E-state index is -0.476. The fraction of sp³-hybridized carbons (Fsp3) is 0. The second-order valence-corrected chi connectivity index (χ2v) is 4.73. The molecule has 0 aliphatic carbocycles. The molecule has 0 amide bonds. The van der Waals surface area contributed by atoms with Crippen molar-refractivity contribution in [2.75, 3.05) is 5.12 Å². The van der Waals surface area contributed by atoms with Gasteiger partial charge in [0.15, 0.2) is 5.78 Å². The van der Waals surface area contributed by atoms with Crippen molar-refractivity contribution in [3.05, 3.63) is 70.5 Å². The summed E-state index contributed by atoms with van der Waals surface area (Å²) in [5.74, 6) is -0.752. The minimum absolute atomic E-state index is 0.186. The van der Waals surface area contributed by atoms with Crippen LogP contribution in [-0.4, -0.2) is 5.78 Å². The molecule has 2 aromatic rings. The molecule has 0 radical (unpaired) electrons. The molecular weight excluding hydrogens is 293 g/mol. The summed E-state index contributed by atoms with van der Waals surface area (Å²) < 4.78 is 13.6. The third-order valence-corrected chi connectivity index (χ3v) is 3.29. The van der Waals surface area contributed by atoms with Gasteiger partial charge in [-0.3, -0.25) is 4.79 Å². The number of ketones is 1. The fourth-order valence-corrected chi connectivity index (χ4v) is 2.12. The Morgan fingerprint density at radius 3 is 2.62 bits per heavy atom. The van der Waals surface area contributed by atoms with Crippen LogP contribution >= 0.6 is 11.6 Å². The van der Waals surface area contributed by atoms with Crippen molar-refractivity contribution in [1.82, 2.24) is 0 Å². The van der Waals surface area contributed by atoms with Gasteiger partial charge in [0.1, 0.15) is 11.5 Å². The van der Waals surface area contributed by atoms with E-state index < -0.39 is 5.82 Å². The Bertz CT molecular complexity index is 747. The van der Waals surface area contributed by atoms with E-state index in [0.717, 1.165) is 0 Å². The van der Waals surface area contributed by atoms with E-state index in [1.54, 1.807) is 30.3 Å². The lowest BCUT2D eigenvalue weighted by Gasteiger charge is -2.04. The van der Waals surface area contributed by atoms with Gasteiger partial charge < -0.3 is 0 Å². The van der Waals surface area contributed by atoms with E-state index in [1.807, 2.05) is 0 Å². The highest BCUT2D eigenvalue weighted by molar-refractivity contribution is 6.32. The smallest absolute Gasteiger partial charge is 0.188 e. The molecule has 0 N–H and O–H groups in total. The molecule has 21 heavy (non-hydrogen) atoms. The maximum absolute atomic E-state index is 13.6. The number of hydrogen-bond acceptors (Lipinski definition) is 4. The van der Waals surface area contributed by atoms with Crippen LogP contribution in [0, 0.1) is 5.82 Å². The predicted octanol–water partition coefficient (Wildman–Crippen LogP) is 4.48. The van der Waals surface area contributed by atoms with Crippen LogP contribution in [0.2, 0.25) is 5.02 Å². The second kappa shape index (κ2) is 5.46. The van der Waals surface area contributed by atoms with E-state index >= 15 is 0 Å². The van der Waals surface area contributed by atoms with Gasteiger partial charge in [-0.1, -0.05) is 29.8 Å². The Morgan fingerprint density at radius 1 is 1.14 bits per heavy atom. The van der Waals surface area contributed by atoms with Crippen LogP contribution in [0.15, 0.2) is 59.0 Å². The largest absolute Gasteiger partial charge is 0.289 e. The number of halogens is 2. The third-order valence-electron chi connectivity index (χ3n) is 2.96. The van der Waals surface area contributed by atoms with Crippen LogP contribution < -0.4 is 5.12 Å². The Labute approximate surface area is 125 Å². The lowest BCUT2D eigenvalue weighted by molar-refractivity contribution is 0.104. The van der Waals surface area contributed by atoms with Gasteiger partial charge >= 0.3 is 0 Å². The van der Waals surface area contributed by atoms with Crippen molar-refractivity contribution in [1.29, 1.82) is 0 Å². The molecule has 0 bridgehead atoms. The van der Waals surface area contributed by atoms with Gasteiger partial charge in [0.2, 0.25) is 0 Å². The Morgan fingerprint density at radius 2 is 1.90 bits per heavy atom. The first-order valence-electron chi connectivity index (χ1n) is 6.14. The lowest BCUT2D eigenvalue weighted by atomic mass is 10.1. The van der Waals surface area contributed by atoms with Crippen molar-refractivity contribution >= 4 is 29.1 Å². The zero-order valence-corrected chi connectivity index (χ0v) is 11.5. The molecule has 0 saturated heterocycles. The summed E-state index contributed by atoms with van der Waals surface area (Å²) in [5.41, 5.74) is 1.21. The molecule has 3 rings (SSSR count). The van der Waals surface area contributed by atoms with Crippen molar-refractivity contribution < 1.29 is 9.18 Å². The van der Waals surface area contributed by atoms with Crippen LogP contribution in [0.3, 0.4) is 0 Å². The van der Waals surface area contributed by atoms with Crippen molar-refractivity contribution in [2.24, 2.45) is 10.4 Å². The number of carbonyl (C=O) groups is 1. The molecule has 1 heterocycles. The number of rotatable bonds is 4. The van der Waals surface area contributed by atoms with E-state index in [4.69, 9.17) is 11.6 Å². The molecule has 104 valence electrons. The summed E-state index contributed by atoms with van der Waals surface area (Å²) in [4.78, 5) is 12.2. The first-order chi connectivity index (χ1) is 10.2. The normalized spacial score (nSPS) is 13.0. The number of allylic oxidation sites excluding steroid dienone is 1. The van der Waals surface area contributed by atoms with Gasteiger partial charge in [-0.2, -0.15) is 0 Å². The van der Waals surface area contributed by atoms with Gasteiger partial charge in [-0.05, 0) is 46.9 Å². The molecule has 1 aliphatic heterocycles. The van der Waals surface area contributed by atoms with E-state index in [2.05, 4.69) is 10.4 Å². The van der Waals surface area contributed by atoms with Gasteiger partial charge in [-0.15, -0.1) is 5.12 Å². The summed E-state index contributed by atoms with van der Waals surface area (Å²) in [6.45, 7) is 0. The van der Waals surface area contributed by atoms with Gasteiger partial charge in [-0.25, -0.2) is 4.39 Å². The molecule has 0 spiro atoms. The number of hydrogen-bond donors (Lipinski definition) is 0. The number of nitrogens with zero attached hydrogens (tertiary/aromatic N) is 3. The maximum atomic E-state index is 13.6. The monoisotopic (exact) mass is 301 g/mol. The van der Waals surface area contributed by atoms with Crippen LogP contribution in [0.1, 0.15) is 15.9 Å². The molecule has 0 atom stereocenters. The molecule has 6 heteroatoms. The minimum Gasteiger partial charge on any atom is -0.289 e. The van der Waals surface area contributed by atoms with E-state index in [9.17, 15) is 9.18 Å². The lowest BCUT2D eigenvalue weighted by Crippen LogP contribution is -2.01. The van der Waals surface area contributed by atoms with Crippen LogP contribution in [0.5, 0.6) is 0 Å². The molecule has 4 nitrogen and oxygen atoms in total. The van der Waals surface area contributed by atoms with Crippen molar-refractivity contribution in [3.63, 3.8) is 0 Å². The first-order valence-corrected chi connectivity index (χ1v) is 6.52. The molecule has 0 fully saturated rings. The Balaban J connectivity index is 1.88. The highest BCUT2D eigenvalue weighted by Gasteiger charge is 2.20. The average molecular weight is 302 g/mol.